The first-order valence-electron chi connectivity index (χ1n) is 6.12. The number of carbonyl (C=O) groups is 1. The lowest BCUT2D eigenvalue weighted by Gasteiger charge is -2.08. The second-order valence-corrected chi connectivity index (χ2v) is 4.84. The molecule has 2 rings (SSSR count). The van der Waals surface area contributed by atoms with Crippen LogP contribution < -0.4 is 0 Å². The van der Waals surface area contributed by atoms with Gasteiger partial charge in [-0.05, 0) is 30.2 Å². The number of Topliss-reactive ketones (excluding diaryl/α,β-unsaturated/α-hetero) is 1. The van der Waals surface area contributed by atoms with E-state index in [0.717, 1.165) is 11.1 Å². The van der Waals surface area contributed by atoms with Gasteiger partial charge in [0, 0.05) is 17.5 Å². The molecule has 0 fully saturated rings. The molecule has 0 bridgehead atoms. The van der Waals surface area contributed by atoms with E-state index in [1.807, 2.05) is 19.1 Å². The molecule has 0 aliphatic heterocycles. The van der Waals surface area contributed by atoms with Gasteiger partial charge in [-0.3, -0.25) is 4.79 Å². The average molecular weight is 277 g/mol. The van der Waals surface area contributed by atoms with Crippen LogP contribution in [0.5, 0.6) is 0 Å². The molecule has 0 N–H and O–H groups in total. The molecule has 0 atom stereocenters. The third kappa shape index (κ3) is 2.85. The number of halogens is 2. The highest BCUT2D eigenvalue weighted by Crippen LogP contribution is 2.30. The van der Waals surface area contributed by atoms with Gasteiger partial charge in [0.1, 0.15) is 5.82 Å². The SMILES string of the molecule is CCC(=O)c1ccc(-c2cc(C)c(F)cc2Cl)cc1. The summed E-state index contributed by atoms with van der Waals surface area (Å²) in [6.45, 7) is 3.53. The van der Waals surface area contributed by atoms with Gasteiger partial charge < -0.3 is 0 Å². The number of hydrogen-bond donors (Lipinski definition) is 0. The smallest absolute Gasteiger partial charge is 0.162 e. The predicted octanol–water partition coefficient (Wildman–Crippen LogP) is 5.05. The van der Waals surface area contributed by atoms with Crippen molar-refractivity contribution in [1.82, 2.24) is 0 Å². The molecular formula is C16H14ClFO. The highest BCUT2D eigenvalue weighted by atomic mass is 35.5. The van der Waals surface area contributed by atoms with Crippen LogP contribution in [-0.4, -0.2) is 5.78 Å². The number of ketones is 1. The molecule has 98 valence electrons. The van der Waals surface area contributed by atoms with E-state index in [1.54, 1.807) is 25.1 Å². The van der Waals surface area contributed by atoms with Crippen molar-refractivity contribution >= 4 is 17.4 Å². The molecular weight excluding hydrogens is 263 g/mol. The van der Waals surface area contributed by atoms with Gasteiger partial charge in [-0.25, -0.2) is 4.39 Å². The minimum atomic E-state index is -0.313. The van der Waals surface area contributed by atoms with Crippen LogP contribution in [0.2, 0.25) is 5.02 Å². The molecule has 0 radical (unpaired) electrons. The predicted molar refractivity (Wildman–Crippen MR) is 76.2 cm³/mol. The zero-order valence-electron chi connectivity index (χ0n) is 10.8. The lowest BCUT2D eigenvalue weighted by atomic mass is 10.00. The maximum absolute atomic E-state index is 13.4. The number of benzene rings is 2. The van der Waals surface area contributed by atoms with E-state index in [1.165, 1.54) is 6.07 Å². The van der Waals surface area contributed by atoms with Crippen LogP contribution in [0, 0.1) is 12.7 Å². The molecule has 0 aliphatic carbocycles. The van der Waals surface area contributed by atoms with Crippen molar-refractivity contribution in [2.24, 2.45) is 0 Å². The van der Waals surface area contributed by atoms with Gasteiger partial charge in [0.25, 0.3) is 0 Å². The Morgan fingerprint density at radius 2 is 1.84 bits per heavy atom. The second-order valence-electron chi connectivity index (χ2n) is 4.44. The molecule has 1 nitrogen and oxygen atoms in total. The van der Waals surface area contributed by atoms with Gasteiger partial charge >= 0.3 is 0 Å². The number of hydrogen-bond acceptors (Lipinski definition) is 1. The zero-order valence-corrected chi connectivity index (χ0v) is 11.6. The van der Waals surface area contributed by atoms with Crippen LogP contribution >= 0.6 is 11.6 Å². The summed E-state index contributed by atoms with van der Waals surface area (Å²) in [5.74, 6) is -0.209. The molecule has 0 unspecified atom stereocenters. The maximum Gasteiger partial charge on any atom is 0.162 e. The van der Waals surface area contributed by atoms with E-state index in [-0.39, 0.29) is 11.6 Å². The molecule has 0 aliphatic rings. The number of rotatable bonds is 3. The number of carbonyl (C=O) groups excluding carboxylic acids is 1. The first-order valence-corrected chi connectivity index (χ1v) is 6.50. The summed E-state index contributed by atoms with van der Waals surface area (Å²) in [4.78, 5) is 11.6. The van der Waals surface area contributed by atoms with Crippen LogP contribution in [0.4, 0.5) is 4.39 Å². The van der Waals surface area contributed by atoms with E-state index in [9.17, 15) is 9.18 Å². The van der Waals surface area contributed by atoms with E-state index < -0.39 is 0 Å². The van der Waals surface area contributed by atoms with Gasteiger partial charge in [0.2, 0.25) is 0 Å². The molecule has 2 aromatic rings. The fourth-order valence-electron chi connectivity index (χ4n) is 1.92. The summed E-state index contributed by atoms with van der Waals surface area (Å²) < 4.78 is 13.4. The summed E-state index contributed by atoms with van der Waals surface area (Å²) in [5.41, 5.74) is 2.88. The second kappa shape index (κ2) is 5.54. The molecule has 0 aromatic heterocycles. The van der Waals surface area contributed by atoms with Crippen molar-refractivity contribution in [2.45, 2.75) is 20.3 Å². The van der Waals surface area contributed by atoms with E-state index >= 15 is 0 Å². The average Bonchev–Trinajstić information content (AvgIpc) is 2.42. The third-order valence-corrected chi connectivity index (χ3v) is 3.40. The zero-order chi connectivity index (χ0) is 14.0. The fourth-order valence-corrected chi connectivity index (χ4v) is 2.18. The van der Waals surface area contributed by atoms with Crippen LogP contribution in [0.15, 0.2) is 36.4 Å². The van der Waals surface area contributed by atoms with Crippen molar-refractivity contribution in [3.05, 3.63) is 58.4 Å². The van der Waals surface area contributed by atoms with Crippen LogP contribution in [0.25, 0.3) is 11.1 Å². The van der Waals surface area contributed by atoms with Crippen molar-refractivity contribution in [3.8, 4) is 11.1 Å². The molecule has 3 heteroatoms. The molecule has 0 spiro atoms. The van der Waals surface area contributed by atoms with Crippen molar-refractivity contribution < 1.29 is 9.18 Å². The van der Waals surface area contributed by atoms with Crippen LogP contribution in [0.3, 0.4) is 0 Å². The van der Waals surface area contributed by atoms with Gasteiger partial charge in [-0.2, -0.15) is 0 Å². The molecule has 0 saturated carbocycles. The quantitative estimate of drug-likeness (QED) is 0.717. The molecule has 0 saturated heterocycles. The first-order chi connectivity index (χ1) is 9.02. The fraction of sp³-hybridized carbons (Fsp3) is 0.188. The Morgan fingerprint density at radius 3 is 2.42 bits per heavy atom. The highest BCUT2D eigenvalue weighted by Gasteiger charge is 2.09. The molecule has 19 heavy (non-hydrogen) atoms. The Balaban J connectivity index is 2.43. The Kier molecular flexibility index (Phi) is 4.01. The highest BCUT2D eigenvalue weighted by molar-refractivity contribution is 6.33. The van der Waals surface area contributed by atoms with Crippen molar-refractivity contribution in [1.29, 1.82) is 0 Å². The summed E-state index contributed by atoms with van der Waals surface area (Å²) in [6.07, 6.45) is 0.482. The Labute approximate surface area is 117 Å². The lowest BCUT2D eigenvalue weighted by molar-refractivity contribution is 0.0988. The van der Waals surface area contributed by atoms with Crippen LogP contribution in [0.1, 0.15) is 29.3 Å². The van der Waals surface area contributed by atoms with E-state index in [4.69, 9.17) is 11.6 Å². The molecule has 0 heterocycles. The minimum Gasteiger partial charge on any atom is -0.294 e. The van der Waals surface area contributed by atoms with Crippen LogP contribution in [-0.2, 0) is 0 Å². The topological polar surface area (TPSA) is 17.1 Å². The third-order valence-electron chi connectivity index (χ3n) is 3.09. The Bertz CT molecular complexity index is 617. The normalized spacial score (nSPS) is 10.5. The molecule has 0 amide bonds. The Morgan fingerprint density at radius 1 is 1.21 bits per heavy atom. The minimum absolute atomic E-state index is 0.105. The lowest BCUT2D eigenvalue weighted by Crippen LogP contribution is -1.95. The van der Waals surface area contributed by atoms with Gasteiger partial charge in [0.15, 0.2) is 5.78 Å². The summed E-state index contributed by atoms with van der Waals surface area (Å²) in [7, 11) is 0. The van der Waals surface area contributed by atoms with Crippen molar-refractivity contribution in [3.63, 3.8) is 0 Å². The number of aryl methyl sites for hydroxylation is 1. The molecule has 2 aromatic carbocycles. The standard InChI is InChI=1S/C16H14ClFO/c1-3-16(19)12-6-4-11(5-7-12)13-8-10(2)15(18)9-14(13)17/h4-9H,3H2,1-2H3. The summed E-state index contributed by atoms with van der Waals surface area (Å²) in [5, 5.41) is 0.373. The largest absolute Gasteiger partial charge is 0.294 e. The maximum atomic E-state index is 13.4. The monoisotopic (exact) mass is 276 g/mol. The van der Waals surface area contributed by atoms with E-state index in [2.05, 4.69) is 0 Å². The summed E-state index contributed by atoms with van der Waals surface area (Å²) in [6, 6.07) is 10.3. The Hall–Kier alpha value is -1.67. The first kappa shape index (κ1) is 13.8. The van der Waals surface area contributed by atoms with Gasteiger partial charge in [-0.15, -0.1) is 0 Å². The summed E-state index contributed by atoms with van der Waals surface area (Å²) >= 11 is 6.06. The van der Waals surface area contributed by atoms with E-state index in [0.29, 0.717) is 22.6 Å². The van der Waals surface area contributed by atoms with Gasteiger partial charge in [0.05, 0.1) is 5.02 Å². The van der Waals surface area contributed by atoms with Gasteiger partial charge in [-0.1, -0.05) is 42.8 Å². The van der Waals surface area contributed by atoms with Crippen molar-refractivity contribution in [2.75, 3.05) is 0 Å².